The van der Waals surface area contributed by atoms with E-state index in [0.717, 1.165) is 22.4 Å². The van der Waals surface area contributed by atoms with E-state index in [1.807, 2.05) is 32.0 Å². The van der Waals surface area contributed by atoms with Crippen LogP contribution in [-0.4, -0.2) is 33.6 Å². The number of fused-ring (bicyclic) bond motifs is 1. The predicted molar refractivity (Wildman–Crippen MR) is 127 cm³/mol. The molecular formula is C26H23N3O5. The molecule has 0 aromatic heterocycles. The summed E-state index contributed by atoms with van der Waals surface area (Å²) in [4.78, 5) is 51.3. The number of carbonyl (C=O) groups excluding carboxylic acids is 3. The van der Waals surface area contributed by atoms with Gasteiger partial charge in [0.25, 0.3) is 17.5 Å². The Morgan fingerprint density at radius 3 is 2.12 bits per heavy atom. The Balaban J connectivity index is 1.69. The molecule has 0 fully saturated rings. The number of nitro groups is 1. The maximum Gasteiger partial charge on any atom is 0.269 e. The third-order valence-electron chi connectivity index (χ3n) is 5.98. The Morgan fingerprint density at radius 1 is 0.971 bits per heavy atom. The fourth-order valence-corrected chi connectivity index (χ4v) is 4.01. The Hall–Kier alpha value is -4.33. The van der Waals surface area contributed by atoms with Gasteiger partial charge in [-0.05, 0) is 48.2 Å². The number of imide groups is 1. The number of benzene rings is 3. The zero-order valence-electron chi connectivity index (χ0n) is 18.8. The normalized spacial score (nSPS) is 13.5. The number of rotatable bonds is 7. The van der Waals surface area contributed by atoms with Gasteiger partial charge in [-0.3, -0.25) is 29.4 Å². The van der Waals surface area contributed by atoms with Gasteiger partial charge in [0.15, 0.2) is 0 Å². The van der Waals surface area contributed by atoms with E-state index in [1.54, 1.807) is 24.3 Å². The van der Waals surface area contributed by atoms with Crippen molar-refractivity contribution in [1.29, 1.82) is 0 Å². The second-order valence-electron chi connectivity index (χ2n) is 8.16. The van der Waals surface area contributed by atoms with Crippen molar-refractivity contribution in [3.8, 4) is 0 Å². The largest absolute Gasteiger partial charge is 0.324 e. The topological polar surface area (TPSA) is 110 Å². The molecule has 0 bridgehead atoms. The fraction of sp³-hybridized carbons (Fsp3) is 0.192. The summed E-state index contributed by atoms with van der Waals surface area (Å²) >= 11 is 0. The predicted octanol–water partition coefficient (Wildman–Crippen LogP) is 4.31. The Labute approximate surface area is 196 Å². The first kappa shape index (κ1) is 22.8. The van der Waals surface area contributed by atoms with E-state index in [4.69, 9.17) is 0 Å². The van der Waals surface area contributed by atoms with Crippen LogP contribution in [0, 0.1) is 17.0 Å². The van der Waals surface area contributed by atoms with Gasteiger partial charge in [-0.1, -0.05) is 43.3 Å². The van der Waals surface area contributed by atoms with Crippen LogP contribution in [-0.2, 0) is 17.6 Å². The number of hydrogen-bond acceptors (Lipinski definition) is 5. The van der Waals surface area contributed by atoms with Gasteiger partial charge in [0.2, 0.25) is 5.91 Å². The van der Waals surface area contributed by atoms with Crippen LogP contribution in [0.2, 0.25) is 0 Å². The van der Waals surface area contributed by atoms with Crippen molar-refractivity contribution in [3.63, 3.8) is 0 Å². The second kappa shape index (κ2) is 9.27. The highest BCUT2D eigenvalue weighted by molar-refractivity contribution is 6.23. The second-order valence-corrected chi connectivity index (χ2v) is 8.16. The van der Waals surface area contributed by atoms with Crippen molar-refractivity contribution < 1.29 is 19.3 Å². The van der Waals surface area contributed by atoms with Crippen molar-refractivity contribution in [3.05, 3.63) is 105 Å². The van der Waals surface area contributed by atoms with Gasteiger partial charge in [0.05, 0.1) is 16.1 Å². The fourth-order valence-electron chi connectivity index (χ4n) is 4.01. The molecule has 4 rings (SSSR count). The lowest BCUT2D eigenvalue weighted by molar-refractivity contribution is -0.384. The molecule has 3 amide bonds. The van der Waals surface area contributed by atoms with Crippen LogP contribution in [0.3, 0.4) is 0 Å². The van der Waals surface area contributed by atoms with Gasteiger partial charge < -0.3 is 5.32 Å². The van der Waals surface area contributed by atoms with Crippen molar-refractivity contribution >= 4 is 29.1 Å². The van der Waals surface area contributed by atoms with Gasteiger partial charge in [-0.15, -0.1) is 0 Å². The minimum absolute atomic E-state index is 0.0157. The summed E-state index contributed by atoms with van der Waals surface area (Å²) in [6, 6.07) is 16.8. The molecule has 3 aromatic carbocycles. The molecule has 1 aliphatic heterocycles. The number of hydrogen-bond donors (Lipinski definition) is 1. The summed E-state index contributed by atoms with van der Waals surface area (Å²) < 4.78 is 0. The molecule has 1 aliphatic rings. The molecule has 1 unspecified atom stereocenters. The average molecular weight is 457 g/mol. The van der Waals surface area contributed by atoms with Crippen molar-refractivity contribution in [2.75, 3.05) is 5.32 Å². The minimum Gasteiger partial charge on any atom is -0.324 e. The van der Waals surface area contributed by atoms with Crippen molar-refractivity contribution in [2.24, 2.45) is 0 Å². The molecule has 34 heavy (non-hydrogen) atoms. The van der Waals surface area contributed by atoms with Crippen LogP contribution < -0.4 is 5.32 Å². The molecule has 8 heteroatoms. The first-order valence-corrected chi connectivity index (χ1v) is 10.9. The highest BCUT2D eigenvalue weighted by atomic mass is 16.6. The molecule has 1 heterocycles. The number of non-ortho nitro benzene ring substituents is 1. The highest BCUT2D eigenvalue weighted by Gasteiger charge is 2.42. The monoisotopic (exact) mass is 457 g/mol. The van der Waals surface area contributed by atoms with Crippen molar-refractivity contribution in [1.82, 2.24) is 4.90 Å². The number of aryl methyl sites for hydroxylation is 2. The zero-order chi connectivity index (χ0) is 24.4. The third kappa shape index (κ3) is 4.30. The summed E-state index contributed by atoms with van der Waals surface area (Å²) in [6.45, 7) is 3.87. The van der Waals surface area contributed by atoms with E-state index >= 15 is 0 Å². The lowest BCUT2D eigenvalue weighted by Gasteiger charge is -2.26. The van der Waals surface area contributed by atoms with Crippen LogP contribution in [0.25, 0.3) is 0 Å². The van der Waals surface area contributed by atoms with Crippen LogP contribution in [0.15, 0.2) is 66.7 Å². The maximum atomic E-state index is 13.5. The van der Waals surface area contributed by atoms with Gasteiger partial charge in [0.1, 0.15) is 6.04 Å². The first-order valence-electron chi connectivity index (χ1n) is 10.9. The number of anilines is 1. The van der Waals surface area contributed by atoms with Crippen LogP contribution in [0.1, 0.15) is 44.3 Å². The summed E-state index contributed by atoms with van der Waals surface area (Å²) in [5.41, 5.74) is 3.49. The first-order chi connectivity index (χ1) is 16.3. The molecule has 172 valence electrons. The van der Waals surface area contributed by atoms with E-state index in [9.17, 15) is 24.5 Å². The quantitative estimate of drug-likeness (QED) is 0.323. The third-order valence-corrected chi connectivity index (χ3v) is 5.98. The highest BCUT2D eigenvalue weighted by Crippen LogP contribution is 2.27. The molecule has 8 nitrogen and oxygen atoms in total. The lowest BCUT2D eigenvalue weighted by atomic mass is 10.0. The van der Waals surface area contributed by atoms with Gasteiger partial charge in [-0.25, -0.2) is 0 Å². The summed E-state index contributed by atoms with van der Waals surface area (Å²) in [6.07, 6.45) is 0.801. The van der Waals surface area contributed by atoms with Crippen molar-refractivity contribution in [2.45, 2.75) is 32.7 Å². The zero-order valence-corrected chi connectivity index (χ0v) is 18.8. The number of nitro benzene ring substituents is 1. The number of carbonyl (C=O) groups is 3. The standard InChI is InChI=1S/C26H23N3O5/c1-3-17-9-8-16(2)22(14-17)27-24(30)23(15-18-10-12-19(13-11-18)29(33)34)28-25(31)20-6-4-5-7-21(20)26(28)32/h4-14,23H,3,15H2,1-2H3,(H,27,30). The molecule has 0 aliphatic carbocycles. The van der Waals surface area contributed by atoms with E-state index in [-0.39, 0.29) is 23.2 Å². The van der Waals surface area contributed by atoms with Gasteiger partial charge in [0, 0.05) is 24.2 Å². The Kier molecular flexibility index (Phi) is 6.23. The van der Waals surface area contributed by atoms with Crippen LogP contribution >= 0.6 is 0 Å². The molecule has 0 radical (unpaired) electrons. The average Bonchev–Trinajstić information content (AvgIpc) is 3.09. The lowest BCUT2D eigenvalue weighted by Crippen LogP contribution is -2.48. The smallest absolute Gasteiger partial charge is 0.269 e. The molecule has 0 saturated heterocycles. The molecule has 0 saturated carbocycles. The summed E-state index contributed by atoms with van der Waals surface area (Å²) in [5.74, 6) is -1.59. The molecule has 3 aromatic rings. The molecular weight excluding hydrogens is 434 g/mol. The molecule has 0 spiro atoms. The summed E-state index contributed by atoms with van der Waals surface area (Å²) in [5, 5.41) is 13.9. The molecule has 1 atom stereocenters. The number of amides is 3. The Morgan fingerprint density at radius 2 is 1.56 bits per heavy atom. The van der Waals surface area contributed by atoms with Crippen LogP contribution in [0.5, 0.6) is 0 Å². The van der Waals surface area contributed by atoms with E-state index in [2.05, 4.69) is 5.32 Å². The Bertz CT molecular complexity index is 1270. The minimum atomic E-state index is -1.14. The number of nitrogens with one attached hydrogen (secondary N) is 1. The van der Waals surface area contributed by atoms with Crippen LogP contribution in [0.4, 0.5) is 11.4 Å². The number of nitrogens with zero attached hydrogens (tertiary/aromatic N) is 2. The summed E-state index contributed by atoms with van der Waals surface area (Å²) in [7, 11) is 0. The van der Waals surface area contributed by atoms with E-state index in [0.29, 0.717) is 11.3 Å². The maximum absolute atomic E-state index is 13.5. The SMILES string of the molecule is CCc1ccc(C)c(NC(=O)C(Cc2ccc([N+](=O)[O-])cc2)N2C(=O)c3ccccc3C2=O)c1. The van der Waals surface area contributed by atoms with Gasteiger partial charge >= 0.3 is 0 Å². The molecule has 1 N–H and O–H groups in total. The van der Waals surface area contributed by atoms with E-state index < -0.39 is 28.7 Å². The van der Waals surface area contributed by atoms with Gasteiger partial charge in [-0.2, -0.15) is 0 Å². The van der Waals surface area contributed by atoms with E-state index in [1.165, 1.54) is 24.3 Å².